The number of nitrogens with zero attached hydrogens (tertiary/aromatic N) is 1. The fourth-order valence-electron chi connectivity index (χ4n) is 2.59. The van der Waals surface area contributed by atoms with E-state index in [9.17, 15) is 0 Å². The van der Waals surface area contributed by atoms with Gasteiger partial charge in [0.2, 0.25) is 0 Å². The van der Waals surface area contributed by atoms with Gasteiger partial charge in [-0.05, 0) is 41.9 Å². The highest BCUT2D eigenvalue weighted by Gasteiger charge is 2.14. The molecule has 108 valence electrons. The Morgan fingerprint density at radius 3 is 2.45 bits per heavy atom. The Bertz CT molecular complexity index is 568. The van der Waals surface area contributed by atoms with Crippen molar-refractivity contribution >= 4 is 16.5 Å². The number of hydrogen-bond donors (Lipinski definition) is 1. The average Bonchev–Trinajstić information content (AvgIpc) is 2.45. The van der Waals surface area contributed by atoms with Crippen molar-refractivity contribution in [3.8, 4) is 0 Å². The van der Waals surface area contributed by atoms with E-state index in [4.69, 9.17) is 10.5 Å². The number of ether oxygens (including phenoxy) is 1. The third-order valence-corrected chi connectivity index (χ3v) is 3.82. The summed E-state index contributed by atoms with van der Waals surface area (Å²) in [4.78, 5) is 2.38. The summed E-state index contributed by atoms with van der Waals surface area (Å²) in [6.45, 7) is 6.93. The van der Waals surface area contributed by atoms with Crippen LogP contribution >= 0.6 is 0 Å². The molecule has 0 radical (unpaired) electrons. The van der Waals surface area contributed by atoms with Gasteiger partial charge in [0.1, 0.15) is 0 Å². The molecule has 0 aliphatic rings. The van der Waals surface area contributed by atoms with Gasteiger partial charge >= 0.3 is 0 Å². The molecule has 3 nitrogen and oxygen atoms in total. The zero-order valence-corrected chi connectivity index (χ0v) is 12.6. The molecule has 1 atom stereocenters. The number of fused-ring (bicyclic) bond motifs is 1. The Balaban J connectivity index is 2.25. The molecular formula is C17H24N2O. The van der Waals surface area contributed by atoms with Crippen molar-refractivity contribution in [3.05, 3.63) is 42.0 Å². The van der Waals surface area contributed by atoms with E-state index < -0.39 is 0 Å². The maximum atomic E-state index is 6.21. The normalized spacial score (nSPS) is 13.0. The largest absolute Gasteiger partial charge is 0.398 e. The molecule has 0 heterocycles. The van der Waals surface area contributed by atoms with E-state index in [-0.39, 0.29) is 0 Å². The Labute approximate surface area is 121 Å². The van der Waals surface area contributed by atoms with Crippen LogP contribution in [0.4, 0.5) is 5.69 Å². The van der Waals surface area contributed by atoms with Gasteiger partial charge in [0.05, 0.1) is 6.61 Å². The van der Waals surface area contributed by atoms with Crippen molar-refractivity contribution < 1.29 is 4.74 Å². The van der Waals surface area contributed by atoms with E-state index >= 15 is 0 Å². The van der Waals surface area contributed by atoms with Crippen molar-refractivity contribution in [1.29, 1.82) is 0 Å². The summed E-state index contributed by atoms with van der Waals surface area (Å²) < 4.78 is 5.25. The molecule has 2 aromatic carbocycles. The van der Waals surface area contributed by atoms with Gasteiger partial charge in [-0.25, -0.2) is 0 Å². The van der Waals surface area contributed by atoms with Crippen LogP contribution in [0.15, 0.2) is 36.4 Å². The van der Waals surface area contributed by atoms with E-state index in [1.807, 2.05) is 6.07 Å². The lowest BCUT2D eigenvalue weighted by Gasteiger charge is -2.28. The SMILES string of the molecule is CCN(Cc1cc2ccccc2cc1N)C(C)COC. The third kappa shape index (κ3) is 3.30. The van der Waals surface area contributed by atoms with Gasteiger partial charge < -0.3 is 10.5 Å². The quantitative estimate of drug-likeness (QED) is 0.820. The van der Waals surface area contributed by atoms with Gasteiger partial charge in [-0.2, -0.15) is 0 Å². The monoisotopic (exact) mass is 272 g/mol. The molecule has 2 N–H and O–H groups in total. The van der Waals surface area contributed by atoms with Gasteiger partial charge in [0.25, 0.3) is 0 Å². The first-order chi connectivity index (χ1) is 9.65. The van der Waals surface area contributed by atoms with Crippen LogP contribution in [0.2, 0.25) is 0 Å². The van der Waals surface area contributed by atoms with E-state index in [1.54, 1.807) is 7.11 Å². The Hall–Kier alpha value is -1.58. The maximum absolute atomic E-state index is 6.21. The molecule has 2 aromatic rings. The van der Waals surface area contributed by atoms with Gasteiger partial charge in [-0.1, -0.05) is 31.2 Å². The molecule has 0 aliphatic carbocycles. The lowest BCUT2D eigenvalue weighted by atomic mass is 10.0. The molecule has 0 bridgehead atoms. The fourth-order valence-corrected chi connectivity index (χ4v) is 2.59. The predicted octanol–water partition coefficient (Wildman–Crippen LogP) is 3.28. The standard InChI is InChI=1S/C17H24N2O/c1-4-19(13(2)12-20-3)11-16-9-14-7-5-6-8-15(14)10-17(16)18/h5-10,13H,4,11-12,18H2,1-3H3. The molecule has 0 spiro atoms. The zero-order chi connectivity index (χ0) is 14.5. The van der Waals surface area contributed by atoms with Gasteiger partial charge in [0.15, 0.2) is 0 Å². The van der Waals surface area contributed by atoms with E-state index in [0.29, 0.717) is 6.04 Å². The predicted molar refractivity (Wildman–Crippen MR) is 85.8 cm³/mol. The summed E-state index contributed by atoms with van der Waals surface area (Å²) in [5.41, 5.74) is 8.26. The first-order valence-electron chi connectivity index (χ1n) is 7.15. The van der Waals surface area contributed by atoms with Crippen molar-refractivity contribution in [2.24, 2.45) is 0 Å². The van der Waals surface area contributed by atoms with Crippen LogP contribution in [-0.2, 0) is 11.3 Å². The number of hydrogen-bond acceptors (Lipinski definition) is 3. The topological polar surface area (TPSA) is 38.5 Å². The molecule has 0 saturated heterocycles. The highest BCUT2D eigenvalue weighted by Crippen LogP contribution is 2.23. The van der Waals surface area contributed by atoms with Gasteiger partial charge in [-0.3, -0.25) is 4.90 Å². The minimum Gasteiger partial charge on any atom is -0.398 e. The summed E-state index contributed by atoms with van der Waals surface area (Å²) >= 11 is 0. The zero-order valence-electron chi connectivity index (χ0n) is 12.6. The van der Waals surface area contributed by atoms with Crippen LogP contribution in [0.5, 0.6) is 0 Å². The fraction of sp³-hybridized carbons (Fsp3) is 0.412. The summed E-state index contributed by atoms with van der Waals surface area (Å²) in [5.74, 6) is 0. The second kappa shape index (κ2) is 6.73. The summed E-state index contributed by atoms with van der Waals surface area (Å²) in [7, 11) is 1.74. The smallest absolute Gasteiger partial charge is 0.0615 e. The van der Waals surface area contributed by atoms with Gasteiger partial charge in [-0.15, -0.1) is 0 Å². The van der Waals surface area contributed by atoms with Gasteiger partial charge in [0, 0.05) is 25.4 Å². The van der Waals surface area contributed by atoms with Crippen molar-refractivity contribution in [1.82, 2.24) is 4.90 Å². The Morgan fingerprint density at radius 2 is 1.85 bits per heavy atom. The lowest BCUT2D eigenvalue weighted by molar-refractivity contribution is 0.0983. The number of benzene rings is 2. The summed E-state index contributed by atoms with van der Waals surface area (Å²) in [6, 6.07) is 13.0. The molecular weight excluding hydrogens is 248 g/mol. The average molecular weight is 272 g/mol. The number of methoxy groups -OCH3 is 1. The molecule has 2 rings (SSSR count). The number of nitrogens with two attached hydrogens (primary N) is 1. The Kier molecular flexibility index (Phi) is 4.99. The minimum absolute atomic E-state index is 0.385. The molecule has 0 amide bonds. The Morgan fingerprint density at radius 1 is 1.20 bits per heavy atom. The van der Waals surface area contributed by atoms with Crippen molar-refractivity contribution in [3.63, 3.8) is 0 Å². The number of nitrogen functional groups attached to an aromatic ring is 1. The van der Waals surface area contributed by atoms with Crippen LogP contribution in [0.1, 0.15) is 19.4 Å². The first-order valence-corrected chi connectivity index (χ1v) is 7.15. The second-order valence-corrected chi connectivity index (χ2v) is 5.27. The molecule has 0 fully saturated rings. The van der Waals surface area contributed by atoms with Crippen LogP contribution in [-0.4, -0.2) is 31.2 Å². The molecule has 0 aromatic heterocycles. The van der Waals surface area contributed by atoms with Crippen molar-refractivity contribution in [2.75, 3.05) is 26.0 Å². The molecule has 3 heteroatoms. The van der Waals surface area contributed by atoms with Crippen LogP contribution in [0.25, 0.3) is 10.8 Å². The lowest BCUT2D eigenvalue weighted by Crippen LogP contribution is -2.35. The first kappa shape index (κ1) is 14.8. The summed E-state index contributed by atoms with van der Waals surface area (Å²) in [5, 5.41) is 2.44. The highest BCUT2D eigenvalue weighted by atomic mass is 16.5. The number of rotatable bonds is 6. The molecule has 0 saturated carbocycles. The van der Waals surface area contributed by atoms with Crippen molar-refractivity contribution in [2.45, 2.75) is 26.4 Å². The minimum atomic E-state index is 0.385. The number of anilines is 1. The van der Waals surface area contributed by atoms with Crippen LogP contribution < -0.4 is 5.73 Å². The highest BCUT2D eigenvalue weighted by molar-refractivity contribution is 5.86. The molecule has 1 unspecified atom stereocenters. The van der Waals surface area contributed by atoms with Crippen LogP contribution in [0.3, 0.4) is 0 Å². The van der Waals surface area contributed by atoms with E-state index in [0.717, 1.165) is 25.4 Å². The number of likely N-dealkylation sites (N-methyl/N-ethyl adjacent to an activating group) is 1. The van der Waals surface area contributed by atoms with E-state index in [1.165, 1.54) is 16.3 Å². The third-order valence-electron chi connectivity index (χ3n) is 3.82. The second-order valence-electron chi connectivity index (χ2n) is 5.27. The molecule has 20 heavy (non-hydrogen) atoms. The van der Waals surface area contributed by atoms with E-state index in [2.05, 4.69) is 49.1 Å². The molecule has 0 aliphatic heterocycles. The summed E-state index contributed by atoms with van der Waals surface area (Å²) in [6.07, 6.45) is 0. The van der Waals surface area contributed by atoms with Crippen LogP contribution in [0, 0.1) is 0 Å². The maximum Gasteiger partial charge on any atom is 0.0615 e.